The van der Waals surface area contributed by atoms with E-state index in [-0.39, 0.29) is 147 Å². The minimum atomic E-state index is -4.67. The summed E-state index contributed by atoms with van der Waals surface area (Å²) < 4.78 is 125. The molecular formula is C79H96BrClK2O31S3. The van der Waals surface area contributed by atoms with E-state index in [2.05, 4.69) is 44.7 Å². The number of carboxylic acids is 1. The minimum absolute atomic E-state index is 0. The van der Waals surface area contributed by atoms with E-state index < -0.39 is 53.4 Å². The van der Waals surface area contributed by atoms with Gasteiger partial charge in [-0.3, -0.25) is 18.1 Å². The van der Waals surface area contributed by atoms with Crippen LogP contribution < -0.4 is 151 Å². The SMILES string of the molecule is C=CS(=O)(=O)Cl.C=CS(=O)(=O)OCCCCCCOc1ccc(C(=O)Oc2ccc(OC)cc2)cc1.COc1ccc(O)cc1.COc1ccc(OC(=O)c2ccc(O)cc2)cc1.COc1ccc(OC(=O)c2ccc(OCCCCCCO)cc2)cc1.O=C(O)c1ccc(O)cc1.O=CO[O-].O=S(=O)(O)O.OCCCCCCBr.[H-].[K+].[K+]. The smallest absolute Gasteiger partial charge is 1.00 e. The molecule has 0 bridgehead atoms. The molecule has 31 nitrogen and oxygen atoms in total. The number of hydrogen-bond donors (Lipinski definition) is 8. The van der Waals surface area contributed by atoms with Gasteiger partial charge in [0, 0.05) is 34.6 Å². The number of carboxylic acid groups (broad SMARTS) is 1. The van der Waals surface area contributed by atoms with E-state index in [1.54, 1.807) is 174 Å². The van der Waals surface area contributed by atoms with Crippen LogP contribution in [0.2, 0.25) is 0 Å². The van der Waals surface area contributed by atoms with Gasteiger partial charge >= 0.3 is 137 Å². The van der Waals surface area contributed by atoms with E-state index >= 15 is 0 Å². The van der Waals surface area contributed by atoms with E-state index in [4.69, 9.17) is 105 Å². The third kappa shape index (κ3) is 62.3. The molecule has 0 aromatic heterocycles. The van der Waals surface area contributed by atoms with Gasteiger partial charge in [0.15, 0.2) is 0 Å². The van der Waals surface area contributed by atoms with Gasteiger partial charge in [-0.25, -0.2) is 27.6 Å². The molecule has 0 aliphatic rings. The summed E-state index contributed by atoms with van der Waals surface area (Å²) >= 11 is 3.34. The van der Waals surface area contributed by atoms with Gasteiger partial charge < -0.3 is 84.8 Å². The summed E-state index contributed by atoms with van der Waals surface area (Å²) in [6.45, 7) is 7.82. The number of phenols is 3. The molecule has 38 heteroatoms. The molecule has 0 radical (unpaired) electrons. The monoisotopic (exact) mass is 1830 g/mol. The third-order valence-electron chi connectivity index (χ3n) is 13.6. The van der Waals surface area contributed by atoms with Crippen LogP contribution in [-0.4, -0.2) is 162 Å². The maximum Gasteiger partial charge on any atom is 1.00 e. The number of ether oxygens (including phenoxy) is 9. The van der Waals surface area contributed by atoms with Crippen LogP contribution in [-0.2, 0) is 43.4 Å². The molecule has 0 aliphatic heterocycles. The zero-order valence-corrected chi connectivity index (χ0v) is 76.3. The van der Waals surface area contributed by atoms with Crippen LogP contribution in [0.4, 0.5) is 0 Å². The second-order valence-electron chi connectivity index (χ2n) is 22.2. The first-order chi connectivity index (χ1) is 54.8. The average Bonchev–Trinajstić information content (AvgIpc) is 0.870. The first-order valence-corrected chi connectivity index (χ1v) is 40.6. The van der Waals surface area contributed by atoms with Crippen LogP contribution in [0.15, 0.2) is 218 Å². The van der Waals surface area contributed by atoms with Gasteiger partial charge in [0.05, 0.1) is 75.9 Å². The molecule has 0 amide bonds. The largest absolute Gasteiger partial charge is 1.00 e. The maximum absolute atomic E-state index is 12.2. The fourth-order valence-electron chi connectivity index (χ4n) is 7.88. The molecule has 8 aromatic carbocycles. The van der Waals surface area contributed by atoms with E-state index in [0.29, 0.717) is 88.6 Å². The molecular weight excluding hydrogens is 1730 g/mol. The van der Waals surface area contributed by atoms with Crippen LogP contribution in [0, 0.1) is 0 Å². The first-order valence-electron chi connectivity index (χ1n) is 34.2. The molecule has 0 saturated heterocycles. The molecule has 632 valence electrons. The number of benzene rings is 8. The summed E-state index contributed by atoms with van der Waals surface area (Å²) in [6.07, 6.45) is 11.7. The van der Waals surface area contributed by atoms with Gasteiger partial charge in [-0.15, -0.1) is 0 Å². The summed E-state index contributed by atoms with van der Waals surface area (Å²) in [5.41, 5.74) is 1.44. The molecule has 0 saturated carbocycles. The Hall–Kier alpha value is -7.56. The van der Waals surface area contributed by atoms with E-state index in [9.17, 15) is 36.0 Å². The van der Waals surface area contributed by atoms with Crippen molar-refractivity contribution in [3.63, 3.8) is 0 Å². The number of rotatable bonds is 35. The van der Waals surface area contributed by atoms with Crippen molar-refractivity contribution in [3.8, 4) is 69.0 Å². The Morgan fingerprint density at radius 3 is 0.889 bits per heavy atom. The van der Waals surface area contributed by atoms with Gasteiger partial charge in [0.25, 0.3) is 25.6 Å². The number of methoxy groups -OCH3 is 4. The predicted octanol–water partition coefficient (Wildman–Crippen LogP) is 7.84. The Bertz CT molecular complexity index is 4330. The number of esters is 3. The van der Waals surface area contributed by atoms with Crippen molar-refractivity contribution >= 4 is 86.5 Å². The number of carbonyl (C=O) groups is 5. The predicted molar refractivity (Wildman–Crippen MR) is 431 cm³/mol. The molecule has 8 N–H and O–H groups in total. The standard InChI is InChI=1S/C22H26O7S.C20H24O5.C14H12O4.C7H6O3.C7H8O2.C6H13BrO.C2H3ClO2S.CH2O3.2K.H2O4S.H/c1-3-30(24,25)28-17-7-5-4-6-16-27-20-10-8-18(9-11-20)22(23)29-21-14-12-19(26-2)13-15-21;1-23-17-10-12-19(13-11-17)25-20(22)16-6-8-18(9-7-16)24-15-5-3-2-4-14-21;1-17-12-6-8-13(9-7-12)18-14(16)10-2-4-11(15)5-3-10;8-6-3-1-5(2-4-6)7(9)10;1-9-7-4-2-6(8)3-5-7;7-5-3-1-2-4-6-8;1-2-6(3,4)5;2-1-4-3;;;1-5(2,3)4;/h3,8-15H,1,4-7,16-17H2,2H3;6-13,21H,2-5,14-15H2,1H3;2-9,15H,1H3;1-4,8H,(H,9,10);2-5,8H,1H3;8H,1-6H2;2H,1H2;1,3H;;;(H2,1,2,3,4);/q;;;;;;;;2*+1;;-1/p-1. The Balaban J connectivity index is -0.000000665. The number of phenolic OH excluding ortho intramolecular Hbond substituents is 3. The first kappa shape index (κ1) is 114. The molecule has 0 heterocycles. The Labute approximate surface area is 780 Å². The van der Waals surface area contributed by atoms with Crippen molar-refractivity contribution in [2.45, 2.75) is 77.0 Å². The van der Waals surface area contributed by atoms with E-state index in [1.807, 2.05) is 0 Å². The number of alkyl halides is 1. The number of carbonyl (C=O) groups excluding carboxylic acids is 4. The van der Waals surface area contributed by atoms with Gasteiger partial charge in [-0.1, -0.05) is 54.8 Å². The number of aromatic carboxylic acids is 1. The Morgan fingerprint density at radius 1 is 0.410 bits per heavy atom. The molecule has 0 atom stereocenters. The number of unbranched alkanes of at least 4 members (excludes halogenated alkanes) is 9. The number of aliphatic hydroxyl groups is 2. The van der Waals surface area contributed by atoms with Gasteiger partial charge in [0.1, 0.15) is 69.0 Å². The summed E-state index contributed by atoms with van der Waals surface area (Å²) in [6, 6.07) is 51.8. The number of aromatic hydroxyl groups is 3. The number of aliphatic hydroxyl groups excluding tert-OH is 2. The summed E-state index contributed by atoms with van der Waals surface area (Å²) in [4.78, 5) is 57.6. The molecule has 0 fully saturated rings. The zero-order valence-electron chi connectivity index (χ0n) is 66.3. The second-order valence-corrected chi connectivity index (χ2v) is 28.0. The molecule has 8 rings (SSSR count). The topological polar surface area (TPSA) is 474 Å². The summed E-state index contributed by atoms with van der Waals surface area (Å²) in [7, 11) is -0.794. The van der Waals surface area contributed by atoms with Gasteiger partial charge in [0.2, 0.25) is 0 Å². The van der Waals surface area contributed by atoms with Crippen LogP contribution in [0.5, 0.6) is 69.0 Å². The van der Waals surface area contributed by atoms with Crippen molar-refractivity contribution in [1.29, 1.82) is 0 Å². The molecule has 0 aliphatic carbocycles. The van der Waals surface area contributed by atoms with Crippen LogP contribution in [0.1, 0.15) is 120 Å². The molecule has 117 heavy (non-hydrogen) atoms. The van der Waals surface area contributed by atoms with Crippen molar-refractivity contribution in [3.05, 3.63) is 240 Å². The Kier molecular flexibility index (Phi) is 67.2. The average molecular weight is 1830 g/mol. The van der Waals surface area contributed by atoms with Crippen LogP contribution in [0.25, 0.3) is 0 Å². The van der Waals surface area contributed by atoms with Crippen LogP contribution >= 0.6 is 26.6 Å². The van der Waals surface area contributed by atoms with Crippen molar-refractivity contribution in [2.75, 3.05) is 66.8 Å². The summed E-state index contributed by atoms with van der Waals surface area (Å²) in [5.74, 6) is 3.69. The molecule has 0 unspecified atom stereocenters. The molecule has 8 aromatic rings. The molecule has 0 spiro atoms. The van der Waals surface area contributed by atoms with Crippen molar-refractivity contribution < 1.29 is 250 Å². The minimum Gasteiger partial charge on any atom is -1.00 e. The zero-order chi connectivity index (χ0) is 86.3. The normalized spacial score (nSPS) is 9.91. The number of halogens is 2. The maximum atomic E-state index is 12.2. The van der Waals surface area contributed by atoms with E-state index in [1.165, 1.54) is 67.8 Å². The van der Waals surface area contributed by atoms with Crippen molar-refractivity contribution in [2.24, 2.45) is 0 Å². The van der Waals surface area contributed by atoms with Crippen LogP contribution in [0.3, 0.4) is 0 Å². The second kappa shape index (κ2) is 69.3. The summed E-state index contributed by atoms with van der Waals surface area (Å²) in [5, 5.41) is 63.1. The Morgan fingerprint density at radius 2 is 0.641 bits per heavy atom. The van der Waals surface area contributed by atoms with Gasteiger partial charge in [-0.05, 0) is 245 Å². The quantitative estimate of drug-likeness (QED) is 0.00160. The third-order valence-corrected chi connectivity index (χ3v) is 15.9. The van der Waals surface area contributed by atoms with E-state index in [0.717, 1.165) is 73.6 Å². The fraction of sp³-hybridized carbons (Fsp3) is 0.278. The number of hydrogen-bond acceptors (Lipinski definition) is 28. The van der Waals surface area contributed by atoms with Crippen molar-refractivity contribution in [1.82, 2.24) is 0 Å². The van der Waals surface area contributed by atoms with Gasteiger partial charge in [-0.2, -0.15) is 16.8 Å². The fourth-order valence-corrected chi connectivity index (χ4v) is 8.72.